The number of unbranched alkanes of at least 4 members (excludes halogenated alkanes) is 1. The molecule has 0 rings (SSSR count). The van der Waals surface area contributed by atoms with Crippen molar-refractivity contribution in [1.82, 2.24) is 10.6 Å². The Morgan fingerprint density at radius 2 is 0.759 bits per heavy atom. The molecular weight excluding hydrogens is 708 g/mol. The number of methoxy groups -OCH3 is 1. The Balaban J connectivity index is 3.25. The van der Waals surface area contributed by atoms with Crippen molar-refractivity contribution in [3.8, 4) is 0 Å². The van der Waals surface area contributed by atoms with Gasteiger partial charge in [0.15, 0.2) is 5.78 Å². The molecule has 0 spiro atoms. The number of Topliss-reactive ketones (excluding diaryl/α,β-unsaturated/α-hetero) is 1. The lowest BCUT2D eigenvalue weighted by atomic mass is 9.96. The van der Waals surface area contributed by atoms with E-state index in [1.807, 2.05) is 27.7 Å². The zero-order valence-electron chi connectivity index (χ0n) is 34.2. The summed E-state index contributed by atoms with van der Waals surface area (Å²) >= 11 is 0. The first kappa shape index (κ1) is 52.6. The minimum Gasteiger partial charge on any atom is -0.382 e. The fraction of sp³-hybridized carbons (Fsp3) is 0.947. The van der Waals surface area contributed by atoms with E-state index in [2.05, 4.69) is 10.6 Å². The van der Waals surface area contributed by atoms with Gasteiger partial charge in [-0.1, -0.05) is 27.7 Å². The van der Waals surface area contributed by atoms with Gasteiger partial charge in [0.2, 0.25) is 5.91 Å². The summed E-state index contributed by atoms with van der Waals surface area (Å²) < 4.78 is 64.9. The second-order valence-corrected chi connectivity index (χ2v) is 12.8. The van der Waals surface area contributed by atoms with Crippen LogP contribution in [-0.4, -0.2) is 189 Å². The molecule has 1 amide bonds. The molecule has 0 aliphatic rings. The van der Waals surface area contributed by atoms with E-state index in [1.165, 1.54) is 0 Å². The van der Waals surface area contributed by atoms with Gasteiger partial charge in [0.05, 0.1) is 158 Å². The molecule has 0 aromatic carbocycles. The second-order valence-electron chi connectivity index (χ2n) is 12.8. The number of ether oxygens (including phenoxy) is 12. The Labute approximate surface area is 325 Å². The van der Waals surface area contributed by atoms with Crippen molar-refractivity contribution < 1.29 is 66.4 Å². The minimum atomic E-state index is -0.124. The van der Waals surface area contributed by atoms with Gasteiger partial charge in [-0.2, -0.15) is 0 Å². The first-order chi connectivity index (χ1) is 26.4. The maximum absolute atomic E-state index is 12.4. The van der Waals surface area contributed by atoms with Crippen LogP contribution < -0.4 is 10.6 Å². The lowest BCUT2D eigenvalue weighted by molar-refractivity contribution is -0.124. The Kier molecular flexibility index (Phi) is 41.7. The van der Waals surface area contributed by atoms with Crippen LogP contribution in [0.5, 0.6) is 0 Å². The van der Waals surface area contributed by atoms with Crippen LogP contribution in [0.15, 0.2) is 0 Å². The number of carbonyl (C=O) groups excluding carboxylic acids is 2. The van der Waals surface area contributed by atoms with E-state index >= 15 is 0 Å². The predicted octanol–water partition coefficient (Wildman–Crippen LogP) is 2.08. The Hall–Kier alpha value is -1.38. The summed E-state index contributed by atoms with van der Waals surface area (Å²) in [5, 5.41) is 6.28. The van der Waals surface area contributed by atoms with Gasteiger partial charge < -0.3 is 67.5 Å². The van der Waals surface area contributed by atoms with Crippen LogP contribution in [0.4, 0.5) is 0 Å². The van der Waals surface area contributed by atoms with Gasteiger partial charge in [0, 0.05) is 32.0 Å². The van der Waals surface area contributed by atoms with Crippen LogP contribution in [-0.2, 0) is 66.4 Å². The topological polar surface area (TPSA) is 169 Å². The summed E-state index contributed by atoms with van der Waals surface area (Å²) in [6, 6.07) is 0.132. The van der Waals surface area contributed by atoms with Crippen molar-refractivity contribution in [3.05, 3.63) is 0 Å². The van der Waals surface area contributed by atoms with Crippen LogP contribution in [0.2, 0.25) is 0 Å². The molecule has 0 heterocycles. The zero-order chi connectivity index (χ0) is 39.6. The van der Waals surface area contributed by atoms with Gasteiger partial charge in [-0.05, 0) is 19.3 Å². The highest BCUT2D eigenvalue weighted by atomic mass is 16.6. The van der Waals surface area contributed by atoms with E-state index in [4.69, 9.17) is 56.8 Å². The molecule has 0 saturated heterocycles. The van der Waals surface area contributed by atoms with Crippen LogP contribution >= 0.6 is 0 Å². The summed E-state index contributed by atoms with van der Waals surface area (Å²) in [6.07, 6.45) is 2.80. The third-order valence-corrected chi connectivity index (χ3v) is 7.31. The van der Waals surface area contributed by atoms with Crippen LogP contribution in [0.25, 0.3) is 0 Å². The molecule has 0 aliphatic carbocycles. The molecule has 0 aromatic heterocycles. The number of hydrogen-bond acceptors (Lipinski definition) is 15. The number of carbonyl (C=O) groups is 2. The van der Waals surface area contributed by atoms with Gasteiger partial charge in [-0.25, -0.2) is 0 Å². The molecule has 16 nitrogen and oxygen atoms in total. The van der Waals surface area contributed by atoms with E-state index < -0.39 is 0 Å². The Morgan fingerprint density at radius 3 is 1.06 bits per heavy atom. The number of amides is 1. The van der Waals surface area contributed by atoms with Gasteiger partial charge in [0.1, 0.15) is 0 Å². The van der Waals surface area contributed by atoms with Crippen molar-refractivity contribution in [2.45, 2.75) is 65.5 Å². The monoisotopic (exact) mass is 785 g/mol. The molecule has 0 radical (unpaired) electrons. The van der Waals surface area contributed by atoms with E-state index in [0.29, 0.717) is 165 Å². The van der Waals surface area contributed by atoms with Crippen molar-refractivity contribution in [2.75, 3.05) is 166 Å². The van der Waals surface area contributed by atoms with Crippen molar-refractivity contribution in [1.29, 1.82) is 0 Å². The molecule has 0 bridgehead atoms. The fourth-order valence-corrected chi connectivity index (χ4v) is 4.51. The van der Waals surface area contributed by atoms with E-state index in [9.17, 15) is 9.59 Å². The first-order valence-corrected chi connectivity index (χ1v) is 19.8. The lowest BCUT2D eigenvalue weighted by Gasteiger charge is -2.22. The smallest absolute Gasteiger partial charge is 0.222 e. The lowest BCUT2D eigenvalue weighted by Crippen LogP contribution is -2.42. The zero-order valence-corrected chi connectivity index (χ0v) is 34.2. The molecule has 1 atom stereocenters. The maximum Gasteiger partial charge on any atom is 0.222 e. The summed E-state index contributed by atoms with van der Waals surface area (Å²) in [6.45, 7) is 19.9. The van der Waals surface area contributed by atoms with Crippen LogP contribution in [0.3, 0.4) is 0 Å². The van der Waals surface area contributed by atoms with Gasteiger partial charge in [-0.15, -0.1) is 0 Å². The normalized spacial score (nSPS) is 12.3. The average molecular weight is 785 g/mol. The van der Waals surface area contributed by atoms with Crippen molar-refractivity contribution >= 4 is 11.7 Å². The highest BCUT2D eigenvalue weighted by Crippen LogP contribution is 2.09. The summed E-state index contributed by atoms with van der Waals surface area (Å²) in [7, 11) is 1.64. The highest BCUT2D eigenvalue weighted by Gasteiger charge is 2.21. The van der Waals surface area contributed by atoms with Gasteiger partial charge in [-0.3, -0.25) is 9.59 Å². The molecule has 0 fully saturated rings. The molecule has 0 aromatic rings. The molecule has 0 unspecified atom stereocenters. The molecule has 0 aliphatic heterocycles. The summed E-state index contributed by atoms with van der Waals surface area (Å²) in [5.74, 6) is 0.220. The Bertz CT molecular complexity index is 797. The van der Waals surface area contributed by atoms with Crippen LogP contribution in [0, 0.1) is 5.92 Å². The SMILES string of the molecule is COCCOCCOCCOCCOCCOCCOCCOCCOCCOCCOCCOCCC(=O)NCCCC[C@@H](NC(C)C)C(=O)C(C)C. The number of hydrogen-bond donors (Lipinski definition) is 2. The van der Waals surface area contributed by atoms with E-state index in [0.717, 1.165) is 19.3 Å². The van der Waals surface area contributed by atoms with Crippen molar-refractivity contribution in [2.24, 2.45) is 5.92 Å². The second kappa shape index (κ2) is 42.8. The largest absolute Gasteiger partial charge is 0.382 e. The first-order valence-electron chi connectivity index (χ1n) is 19.8. The highest BCUT2D eigenvalue weighted by molar-refractivity contribution is 5.85. The van der Waals surface area contributed by atoms with E-state index in [-0.39, 0.29) is 29.7 Å². The molecule has 54 heavy (non-hydrogen) atoms. The molecule has 16 heteroatoms. The standard InChI is InChI=1S/C38H76N2O14/c1-34(2)38(42)36(40-35(3)4)8-6-7-10-39-37(41)9-11-44-14-15-46-18-19-48-22-23-50-26-27-52-30-31-54-33-32-53-29-28-51-25-24-49-21-20-47-17-16-45-13-12-43-5/h34-36,40H,6-33H2,1-5H3,(H,39,41)/t36-/m1/s1. The molecular formula is C38H76N2O14. The quantitative estimate of drug-likeness (QED) is 0.0861. The van der Waals surface area contributed by atoms with Crippen LogP contribution in [0.1, 0.15) is 53.4 Å². The number of nitrogens with one attached hydrogen (secondary N) is 2. The molecule has 322 valence electrons. The predicted molar refractivity (Wildman–Crippen MR) is 204 cm³/mol. The van der Waals surface area contributed by atoms with Gasteiger partial charge >= 0.3 is 0 Å². The fourth-order valence-electron chi connectivity index (χ4n) is 4.51. The van der Waals surface area contributed by atoms with Gasteiger partial charge in [0.25, 0.3) is 0 Å². The maximum atomic E-state index is 12.4. The minimum absolute atomic E-state index is 0.0100. The number of rotatable bonds is 45. The van der Waals surface area contributed by atoms with Crippen molar-refractivity contribution in [3.63, 3.8) is 0 Å². The Morgan fingerprint density at radius 1 is 0.444 bits per heavy atom. The average Bonchev–Trinajstić information content (AvgIpc) is 3.15. The molecule has 2 N–H and O–H groups in total. The van der Waals surface area contributed by atoms with E-state index in [1.54, 1.807) is 7.11 Å². The number of ketones is 1. The summed E-state index contributed by atoms with van der Waals surface area (Å²) in [4.78, 5) is 24.4. The molecule has 0 saturated carbocycles. The summed E-state index contributed by atoms with van der Waals surface area (Å²) in [5.41, 5.74) is 0. The third kappa shape index (κ3) is 40.3. The third-order valence-electron chi connectivity index (χ3n) is 7.31.